The Morgan fingerprint density at radius 3 is 2.10 bits per heavy atom. The van der Waals surface area contributed by atoms with Gasteiger partial charge < -0.3 is 0 Å². The monoisotopic (exact) mass is 301 g/mol. The fourth-order valence-corrected chi connectivity index (χ4v) is 1.92. The van der Waals surface area contributed by atoms with Gasteiger partial charge in [-0.05, 0) is 30.5 Å². The fourth-order valence-electron chi connectivity index (χ4n) is 1.92. The molecule has 0 radical (unpaired) electrons. The highest BCUT2D eigenvalue weighted by Crippen LogP contribution is 2.49. The van der Waals surface area contributed by atoms with Crippen molar-refractivity contribution in [1.29, 1.82) is 0 Å². The van der Waals surface area contributed by atoms with Crippen molar-refractivity contribution in [3.63, 3.8) is 0 Å². The molecule has 1 N–H and O–H groups in total. The van der Waals surface area contributed by atoms with Crippen molar-refractivity contribution in [2.24, 2.45) is 0 Å². The summed E-state index contributed by atoms with van der Waals surface area (Å²) in [6, 6.07) is 1.92. The molecule has 0 amide bonds. The normalized spacial score (nSPS) is 18.1. The average molecular weight is 301 g/mol. The highest BCUT2D eigenvalue weighted by Gasteiger charge is 2.63. The zero-order valence-electron chi connectivity index (χ0n) is 10.00. The quantitative estimate of drug-likeness (QED) is 0.831. The molecule has 0 atom stereocenters. The van der Waals surface area contributed by atoms with E-state index in [1.165, 1.54) is 0 Å². The maximum absolute atomic E-state index is 12.9. The van der Waals surface area contributed by atoms with Crippen LogP contribution in [0.25, 0.3) is 0 Å². The van der Waals surface area contributed by atoms with Gasteiger partial charge in [0.25, 0.3) is 0 Å². The van der Waals surface area contributed by atoms with Gasteiger partial charge in [0.05, 0.1) is 5.56 Å². The maximum atomic E-state index is 12.9. The van der Waals surface area contributed by atoms with Gasteiger partial charge >= 0.3 is 12.4 Å². The topological polar surface area (TPSA) is 12.0 Å². The third kappa shape index (κ3) is 2.89. The molecule has 112 valence electrons. The van der Waals surface area contributed by atoms with Gasteiger partial charge in [-0.15, -0.1) is 0 Å². The van der Waals surface area contributed by atoms with Crippen LogP contribution >= 0.6 is 0 Å². The molecule has 1 aromatic carbocycles. The zero-order valence-corrected chi connectivity index (χ0v) is 10.00. The molecule has 1 aliphatic rings. The summed E-state index contributed by atoms with van der Waals surface area (Å²) in [5.41, 5.74) is -3.78. The van der Waals surface area contributed by atoms with Crippen molar-refractivity contribution in [2.75, 3.05) is 0 Å². The molecule has 0 aliphatic heterocycles. The van der Waals surface area contributed by atoms with Crippen molar-refractivity contribution in [2.45, 2.75) is 37.3 Å². The molecule has 2 rings (SSSR count). The van der Waals surface area contributed by atoms with E-state index in [1.54, 1.807) is 0 Å². The zero-order chi connectivity index (χ0) is 15.2. The Hall–Kier alpha value is -1.31. The minimum Gasteiger partial charge on any atom is -0.299 e. The van der Waals surface area contributed by atoms with Crippen molar-refractivity contribution >= 4 is 0 Å². The number of alkyl halides is 6. The van der Waals surface area contributed by atoms with Gasteiger partial charge in [-0.2, -0.15) is 26.3 Å². The lowest BCUT2D eigenvalue weighted by Gasteiger charge is -2.22. The smallest absolute Gasteiger partial charge is 0.299 e. The first-order valence-corrected chi connectivity index (χ1v) is 5.73. The lowest BCUT2D eigenvalue weighted by atomic mass is 10.1. The van der Waals surface area contributed by atoms with Gasteiger partial charge in [0.1, 0.15) is 11.4 Å². The lowest BCUT2D eigenvalue weighted by molar-refractivity contribution is -0.166. The molecule has 1 aromatic rings. The number of halogens is 7. The molecule has 0 heterocycles. The van der Waals surface area contributed by atoms with Gasteiger partial charge in [-0.1, -0.05) is 6.07 Å². The van der Waals surface area contributed by atoms with Gasteiger partial charge in [-0.3, -0.25) is 5.32 Å². The second kappa shape index (κ2) is 4.61. The second-order valence-corrected chi connectivity index (χ2v) is 4.73. The van der Waals surface area contributed by atoms with E-state index < -0.39 is 41.4 Å². The number of nitrogens with one attached hydrogen (secondary N) is 1. The van der Waals surface area contributed by atoms with Crippen LogP contribution in [0.4, 0.5) is 30.7 Å². The number of rotatable bonds is 3. The van der Waals surface area contributed by atoms with E-state index >= 15 is 0 Å². The molecule has 0 unspecified atom stereocenters. The summed E-state index contributed by atoms with van der Waals surface area (Å²) in [4.78, 5) is 0. The highest BCUT2D eigenvalue weighted by atomic mass is 19.4. The van der Waals surface area contributed by atoms with Crippen LogP contribution in [-0.4, -0.2) is 11.7 Å². The van der Waals surface area contributed by atoms with Crippen LogP contribution in [0.3, 0.4) is 0 Å². The van der Waals surface area contributed by atoms with Crippen LogP contribution in [0.1, 0.15) is 24.0 Å². The van der Waals surface area contributed by atoms with Crippen LogP contribution in [0.2, 0.25) is 0 Å². The fraction of sp³-hybridized carbons (Fsp3) is 0.500. The highest BCUT2D eigenvalue weighted by molar-refractivity contribution is 5.31. The summed E-state index contributed by atoms with van der Waals surface area (Å²) < 4.78 is 88.9. The molecule has 0 saturated heterocycles. The predicted molar refractivity (Wildman–Crippen MR) is 56.3 cm³/mol. The summed E-state index contributed by atoms with van der Waals surface area (Å²) in [6.45, 7) is -0.616. The van der Waals surface area contributed by atoms with Gasteiger partial charge in [0.15, 0.2) is 0 Å². The van der Waals surface area contributed by atoms with Crippen LogP contribution < -0.4 is 5.32 Å². The van der Waals surface area contributed by atoms with Crippen LogP contribution in [-0.2, 0) is 12.7 Å². The first-order valence-electron chi connectivity index (χ1n) is 5.73. The minimum atomic E-state index is -4.81. The molecule has 1 aliphatic carbocycles. The molecule has 0 bridgehead atoms. The molecule has 20 heavy (non-hydrogen) atoms. The summed E-state index contributed by atoms with van der Waals surface area (Å²) in [5, 5.41) is 2.11. The Morgan fingerprint density at radius 1 is 1.05 bits per heavy atom. The van der Waals surface area contributed by atoms with Crippen LogP contribution in [0.5, 0.6) is 0 Å². The Kier molecular flexibility index (Phi) is 3.48. The average Bonchev–Trinajstić information content (AvgIpc) is 3.06. The van der Waals surface area contributed by atoms with Gasteiger partial charge in [0.2, 0.25) is 0 Å². The summed E-state index contributed by atoms with van der Waals surface area (Å²) >= 11 is 0. The molecule has 1 nitrogen and oxygen atoms in total. The first-order chi connectivity index (χ1) is 9.05. The van der Waals surface area contributed by atoms with Gasteiger partial charge in [0, 0.05) is 6.54 Å². The van der Waals surface area contributed by atoms with Crippen LogP contribution in [0, 0.1) is 5.82 Å². The van der Waals surface area contributed by atoms with E-state index in [9.17, 15) is 30.7 Å². The van der Waals surface area contributed by atoms with E-state index in [1.807, 2.05) is 0 Å². The van der Waals surface area contributed by atoms with Crippen molar-refractivity contribution in [3.8, 4) is 0 Å². The summed E-state index contributed by atoms with van der Waals surface area (Å²) in [6.07, 6.45) is -9.66. The molecule has 0 spiro atoms. The van der Waals surface area contributed by atoms with Crippen LogP contribution in [0.15, 0.2) is 18.2 Å². The largest absolute Gasteiger partial charge is 0.416 e. The van der Waals surface area contributed by atoms with E-state index in [2.05, 4.69) is 5.32 Å². The maximum Gasteiger partial charge on any atom is 0.416 e. The minimum absolute atomic E-state index is 0.168. The van der Waals surface area contributed by atoms with Gasteiger partial charge in [-0.25, -0.2) is 4.39 Å². The van der Waals surface area contributed by atoms with Crippen molar-refractivity contribution < 1.29 is 30.7 Å². The Balaban J connectivity index is 2.19. The van der Waals surface area contributed by atoms with Crippen molar-refractivity contribution in [1.82, 2.24) is 5.32 Å². The molecular weight excluding hydrogens is 291 g/mol. The Labute approximate surface area is 109 Å². The van der Waals surface area contributed by atoms with Crippen molar-refractivity contribution in [3.05, 3.63) is 35.1 Å². The predicted octanol–water partition coefficient (Wildman–Crippen LogP) is 4.03. The SMILES string of the molecule is Fc1ccc(CNC2(C(F)(F)F)CC2)c(C(F)(F)F)c1. The molecule has 8 heteroatoms. The number of hydrogen-bond acceptors (Lipinski definition) is 1. The second-order valence-electron chi connectivity index (χ2n) is 4.73. The Bertz CT molecular complexity index is 500. The number of hydrogen-bond donors (Lipinski definition) is 1. The number of benzene rings is 1. The van der Waals surface area contributed by atoms with E-state index in [-0.39, 0.29) is 18.9 Å². The molecular formula is C12H10F7N. The van der Waals surface area contributed by atoms with E-state index in [0.717, 1.165) is 12.1 Å². The summed E-state index contributed by atoms with van der Waals surface area (Å²) in [5.74, 6) is -1.09. The molecule has 1 saturated carbocycles. The first kappa shape index (κ1) is 15.1. The molecule has 1 fully saturated rings. The standard InChI is InChI=1S/C12H10F7N/c13-8-2-1-7(9(5-8)11(14,15)16)6-20-10(3-4-10)12(17,18)19/h1-2,5,20H,3-4,6H2. The Morgan fingerprint density at radius 2 is 1.65 bits per heavy atom. The van der Waals surface area contributed by atoms with E-state index in [0.29, 0.717) is 0 Å². The molecule has 0 aromatic heterocycles. The van der Waals surface area contributed by atoms with E-state index in [4.69, 9.17) is 0 Å². The lowest BCUT2D eigenvalue weighted by Crippen LogP contribution is -2.44. The third-order valence-electron chi connectivity index (χ3n) is 3.29. The summed E-state index contributed by atoms with van der Waals surface area (Å²) in [7, 11) is 0. The third-order valence-corrected chi connectivity index (χ3v) is 3.29.